The van der Waals surface area contributed by atoms with Crippen molar-refractivity contribution in [3.05, 3.63) is 22.4 Å². The number of carbonyl (C=O) groups excluding carboxylic acids is 3. The summed E-state index contributed by atoms with van der Waals surface area (Å²) in [5.41, 5.74) is 4.52. The summed E-state index contributed by atoms with van der Waals surface area (Å²) >= 11 is 1.28. The molecule has 2 bridgehead atoms. The number of nitrogens with one attached hydrogen (secondary N) is 2. The van der Waals surface area contributed by atoms with Crippen LogP contribution in [0, 0.1) is 17.8 Å². The molecule has 2 aliphatic carbocycles. The van der Waals surface area contributed by atoms with E-state index in [0.29, 0.717) is 23.1 Å². The monoisotopic (exact) mass is 336 g/mol. The van der Waals surface area contributed by atoms with Crippen LogP contribution in [0.5, 0.6) is 0 Å². The van der Waals surface area contributed by atoms with Crippen LogP contribution in [-0.2, 0) is 14.3 Å². The number of rotatable bonds is 5. The Hall–Kier alpha value is -1.89. The van der Waals surface area contributed by atoms with Gasteiger partial charge in [-0.3, -0.25) is 25.2 Å². The molecule has 2 saturated carbocycles. The number of ether oxygens (including phenoxy) is 1. The number of thiophene rings is 1. The van der Waals surface area contributed by atoms with Gasteiger partial charge in [0.1, 0.15) is 0 Å². The lowest BCUT2D eigenvalue weighted by Gasteiger charge is -2.20. The lowest BCUT2D eigenvalue weighted by Crippen LogP contribution is -2.43. The summed E-state index contributed by atoms with van der Waals surface area (Å²) in [7, 11) is 0. The highest BCUT2D eigenvalue weighted by atomic mass is 32.1. The van der Waals surface area contributed by atoms with Crippen LogP contribution in [0.2, 0.25) is 0 Å². The summed E-state index contributed by atoms with van der Waals surface area (Å²) in [6.45, 7) is -0.371. The van der Waals surface area contributed by atoms with Gasteiger partial charge in [0.25, 0.3) is 11.8 Å². The first-order chi connectivity index (χ1) is 11.1. The maximum Gasteiger partial charge on any atom is 0.306 e. The van der Waals surface area contributed by atoms with E-state index < -0.39 is 5.91 Å². The standard InChI is InChI=1S/C16H20N2O4S/c19-14(17-18-16(21)13-2-1-5-23-13)9-22-15(20)8-12-7-10-3-4-11(12)6-10/h1-2,5,10-12H,3-4,6-9H2,(H,17,19)(H,18,21)/t10-,11-,12+/m0/s1. The van der Waals surface area contributed by atoms with Crippen LogP contribution >= 0.6 is 11.3 Å². The summed E-state index contributed by atoms with van der Waals surface area (Å²) in [6.07, 6.45) is 5.27. The van der Waals surface area contributed by atoms with Crippen LogP contribution in [0.3, 0.4) is 0 Å². The summed E-state index contributed by atoms with van der Waals surface area (Å²) in [6, 6.07) is 3.40. The summed E-state index contributed by atoms with van der Waals surface area (Å²) in [5, 5.41) is 1.77. The highest BCUT2D eigenvalue weighted by Crippen LogP contribution is 2.49. The molecule has 124 valence electrons. The molecule has 0 saturated heterocycles. The fraction of sp³-hybridized carbons (Fsp3) is 0.562. The molecule has 3 atom stereocenters. The number of fused-ring (bicyclic) bond motifs is 2. The molecule has 0 spiro atoms. The Balaban J connectivity index is 1.32. The molecule has 2 N–H and O–H groups in total. The van der Waals surface area contributed by atoms with E-state index in [1.54, 1.807) is 17.5 Å². The molecule has 0 radical (unpaired) electrons. The highest BCUT2D eigenvalue weighted by molar-refractivity contribution is 7.12. The molecule has 3 rings (SSSR count). The van der Waals surface area contributed by atoms with Gasteiger partial charge in [0.05, 0.1) is 4.88 Å². The van der Waals surface area contributed by atoms with Crippen LogP contribution in [0.4, 0.5) is 0 Å². The SMILES string of the molecule is O=C(COC(=O)C[C@H]1C[C@H]2CC[C@H]1C2)NNC(=O)c1cccs1. The Morgan fingerprint density at radius 3 is 2.74 bits per heavy atom. The number of carbonyl (C=O) groups is 3. The number of hydrogen-bond acceptors (Lipinski definition) is 5. The summed E-state index contributed by atoms with van der Waals surface area (Å²) in [4.78, 5) is 35.5. The second kappa shape index (κ2) is 7.12. The van der Waals surface area contributed by atoms with Crippen molar-refractivity contribution in [1.29, 1.82) is 0 Å². The predicted molar refractivity (Wildman–Crippen MR) is 84.4 cm³/mol. The molecule has 0 unspecified atom stereocenters. The Morgan fingerprint density at radius 1 is 1.22 bits per heavy atom. The summed E-state index contributed by atoms with van der Waals surface area (Å²) < 4.78 is 5.00. The van der Waals surface area contributed by atoms with Crippen molar-refractivity contribution >= 4 is 29.1 Å². The molecule has 2 amide bonds. The van der Waals surface area contributed by atoms with Crippen molar-refractivity contribution in [1.82, 2.24) is 10.9 Å². The van der Waals surface area contributed by atoms with Gasteiger partial charge >= 0.3 is 5.97 Å². The third-order valence-electron chi connectivity index (χ3n) is 4.74. The maximum absolute atomic E-state index is 11.8. The molecule has 7 heteroatoms. The van der Waals surface area contributed by atoms with Crippen molar-refractivity contribution in [2.45, 2.75) is 32.1 Å². The molecule has 0 aliphatic heterocycles. The second-order valence-electron chi connectivity index (χ2n) is 6.28. The third-order valence-corrected chi connectivity index (χ3v) is 5.61. The maximum atomic E-state index is 11.8. The average Bonchev–Trinajstić information content (AvgIpc) is 3.27. The van der Waals surface area contributed by atoms with E-state index in [1.807, 2.05) is 0 Å². The normalized spacial score (nSPS) is 25.1. The van der Waals surface area contributed by atoms with Crippen LogP contribution < -0.4 is 10.9 Å². The minimum absolute atomic E-state index is 0.331. The molecular formula is C16H20N2O4S. The van der Waals surface area contributed by atoms with Crippen LogP contribution in [0.1, 0.15) is 41.8 Å². The minimum Gasteiger partial charge on any atom is -0.455 e. The summed E-state index contributed by atoms with van der Waals surface area (Å²) in [5.74, 6) is 0.600. The molecule has 0 aromatic carbocycles. The first kappa shape index (κ1) is 16.0. The smallest absolute Gasteiger partial charge is 0.306 e. The van der Waals surface area contributed by atoms with Crippen LogP contribution in [0.15, 0.2) is 17.5 Å². The van der Waals surface area contributed by atoms with Gasteiger partial charge in [-0.05, 0) is 48.5 Å². The molecule has 1 aromatic heterocycles. The average molecular weight is 336 g/mol. The fourth-order valence-corrected chi connectivity index (χ4v) is 4.30. The van der Waals surface area contributed by atoms with Crippen molar-refractivity contribution in [3.63, 3.8) is 0 Å². The molecule has 6 nitrogen and oxygen atoms in total. The lowest BCUT2D eigenvalue weighted by molar-refractivity contribution is -0.150. The molecule has 1 aromatic rings. The van der Waals surface area contributed by atoms with Gasteiger partial charge < -0.3 is 4.74 Å². The number of esters is 1. The van der Waals surface area contributed by atoms with Gasteiger partial charge in [-0.15, -0.1) is 11.3 Å². The van der Waals surface area contributed by atoms with E-state index in [9.17, 15) is 14.4 Å². The van der Waals surface area contributed by atoms with Gasteiger partial charge in [0.2, 0.25) is 0 Å². The Labute approximate surface area is 138 Å². The zero-order valence-electron chi connectivity index (χ0n) is 12.7. The molecule has 1 heterocycles. The van der Waals surface area contributed by atoms with Gasteiger partial charge in [-0.25, -0.2) is 0 Å². The van der Waals surface area contributed by atoms with E-state index in [0.717, 1.165) is 12.3 Å². The lowest BCUT2D eigenvalue weighted by atomic mass is 9.86. The molecule has 23 heavy (non-hydrogen) atoms. The van der Waals surface area contributed by atoms with Crippen molar-refractivity contribution in [2.24, 2.45) is 17.8 Å². The van der Waals surface area contributed by atoms with Gasteiger partial charge in [0, 0.05) is 6.42 Å². The van der Waals surface area contributed by atoms with E-state index in [1.165, 1.54) is 30.6 Å². The van der Waals surface area contributed by atoms with Crippen molar-refractivity contribution in [2.75, 3.05) is 6.61 Å². The third kappa shape index (κ3) is 4.10. The molecule has 2 aliphatic rings. The number of hydrogen-bond donors (Lipinski definition) is 2. The highest BCUT2D eigenvalue weighted by Gasteiger charge is 2.40. The number of amides is 2. The molecular weight excluding hydrogens is 316 g/mol. The molecule has 2 fully saturated rings. The Bertz CT molecular complexity index is 587. The van der Waals surface area contributed by atoms with E-state index in [2.05, 4.69) is 10.9 Å². The number of hydrazine groups is 1. The van der Waals surface area contributed by atoms with Crippen LogP contribution in [0.25, 0.3) is 0 Å². The largest absolute Gasteiger partial charge is 0.455 e. The Morgan fingerprint density at radius 2 is 2.09 bits per heavy atom. The topological polar surface area (TPSA) is 84.5 Å². The second-order valence-corrected chi connectivity index (χ2v) is 7.23. The zero-order valence-corrected chi connectivity index (χ0v) is 13.6. The fourth-order valence-electron chi connectivity index (χ4n) is 3.68. The van der Waals surface area contributed by atoms with Gasteiger partial charge in [-0.1, -0.05) is 12.5 Å². The van der Waals surface area contributed by atoms with E-state index in [4.69, 9.17) is 4.74 Å². The first-order valence-corrected chi connectivity index (χ1v) is 8.78. The Kier molecular flexibility index (Phi) is 4.95. The minimum atomic E-state index is -0.545. The van der Waals surface area contributed by atoms with Gasteiger partial charge in [0.15, 0.2) is 6.61 Å². The quantitative estimate of drug-likeness (QED) is 0.635. The predicted octanol–water partition coefficient (Wildman–Crippen LogP) is 1.88. The van der Waals surface area contributed by atoms with E-state index in [-0.39, 0.29) is 18.5 Å². The van der Waals surface area contributed by atoms with Crippen molar-refractivity contribution < 1.29 is 19.1 Å². The van der Waals surface area contributed by atoms with E-state index >= 15 is 0 Å². The first-order valence-electron chi connectivity index (χ1n) is 7.90. The zero-order chi connectivity index (χ0) is 16.2. The van der Waals surface area contributed by atoms with Crippen molar-refractivity contribution in [3.8, 4) is 0 Å². The van der Waals surface area contributed by atoms with Gasteiger partial charge in [-0.2, -0.15) is 0 Å². The van der Waals surface area contributed by atoms with Crippen LogP contribution in [-0.4, -0.2) is 24.4 Å².